The summed E-state index contributed by atoms with van der Waals surface area (Å²) in [4.78, 5) is 12.9. The van der Waals surface area contributed by atoms with Gasteiger partial charge in [-0.2, -0.15) is 4.72 Å². The number of carbonyl (C=O) groups is 1. The Balaban J connectivity index is 1.78. The number of aromatic carboxylic acids is 1. The van der Waals surface area contributed by atoms with Gasteiger partial charge in [-0.1, -0.05) is 0 Å². The van der Waals surface area contributed by atoms with Crippen LogP contribution in [-0.4, -0.2) is 71.5 Å². The first-order valence-electron chi connectivity index (χ1n) is 9.67. The van der Waals surface area contributed by atoms with Gasteiger partial charge >= 0.3 is 5.97 Å². The number of benzene rings is 2. The van der Waals surface area contributed by atoms with Crippen LogP contribution in [0.3, 0.4) is 0 Å². The summed E-state index contributed by atoms with van der Waals surface area (Å²) >= 11 is 0. The second-order valence-corrected chi connectivity index (χ2v) is 11.0. The lowest BCUT2D eigenvalue weighted by molar-refractivity contribution is 0.0181. The van der Waals surface area contributed by atoms with Crippen LogP contribution in [0.5, 0.6) is 11.5 Å². The van der Waals surface area contributed by atoms with E-state index in [1.165, 1.54) is 36.4 Å². The van der Waals surface area contributed by atoms with E-state index in [4.69, 9.17) is 14.6 Å². The first kappa shape index (κ1) is 24.1. The Morgan fingerprint density at radius 1 is 1.09 bits per heavy atom. The molecule has 12 heteroatoms. The maximum Gasteiger partial charge on any atom is 0.335 e. The van der Waals surface area contributed by atoms with Crippen molar-refractivity contribution >= 4 is 25.8 Å². The molecule has 2 aromatic rings. The summed E-state index contributed by atoms with van der Waals surface area (Å²) in [5, 5.41) is 9.10. The summed E-state index contributed by atoms with van der Waals surface area (Å²) in [6, 6.07) is 8.96. The number of rotatable bonds is 8. The van der Waals surface area contributed by atoms with Gasteiger partial charge in [0.1, 0.15) is 16.4 Å². The van der Waals surface area contributed by atoms with E-state index < -0.39 is 32.0 Å². The van der Waals surface area contributed by atoms with E-state index in [0.717, 1.165) is 12.3 Å². The SMILES string of the molecule is CC(NS(=O)(=O)c1ccc(Oc2ccc(C(=O)O)cc2S(C)(=O)=O)cc1)N1CCOCC1. The Labute approximate surface area is 186 Å². The second-order valence-electron chi connectivity index (χ2n) is 7.26. The molecule has 174 valence electrons. The van der Waals surface area contributed by atoms with Crippen LogP contribution >= 0.6 is 0 Å². The minimum absolute atomic E-state index is 0.0227. The average Bonchev–Trinajstić information content (AvgIpc) is 2.74. The largest absolute Gasteiger partial charge is 0.478 e. The number of nitrogens with zero attached hydrogens (tertiary/aromatic N) is 1. The van der Waals surface area contributed by atoms with Gasteiger partial charge in [0.25, 0.3) is 0 Å². The minimum Gasteiger partial charge on any atom is -0.478 e. The Morgan fingerprint density at radius 2 is 1.72 bits per heavy atom. The zero-order chi connectivity index (χ0) is 23.5. The lowest BCUT2D eigenvalue weighted by atomic mass is 10.2. The molecule has 0 amide bonds. The fraction of sp³-hybridized carbons (Fsp3) is 0.350. The molecule has 1 aliphatic heterocycles. The van der Waals surface area contributed by atoms with Crippen molar-refractivity contribution in [3.63, 3.8) is 0 Å². The van der Waals surface area contributed by atoms with Crippen molar-refractivity contribution in [3.8, 4) is 11.5 Å². The van der Waals surface area contributed by atoms with Gasteiger partial charge < -0.3 is 14.6 Å². The summed E-state index contributed by atoms with van der Waals surface area (Å²) < 4.78 is 63.0. The van der Waals surface area contributed by atoms with Crippen LogP contribution in [0, 0.1) is 0 Å². The van der Waals surface area contributed by atoms with E-state index in [9.17, 15) is 21.6 Å². The van der Waals surface area contributed by atoms with Crippen LogP contribution in [-0.2, 0) is 24.6 Å². The highest BCUT2D eigenvalue weighted by molar-refractivity contribution is 7.90. The number of carboxylic acid groups (broad SMARTS) is 1. The van der Waals surface area contributed by atoms with Gasteiger partial charge in [-0.3, -0.25) is 4.90 Å². The highest BCUT2D eigenvalue weighted by Crippen LogP contribution is 2.30. The van der Waals surface area contributed by atoms with Gasteiger partial charge in [0.2, 0.25) is 10.0 Å². The van der Waals surface area contributed by atoms with Gasteiger partial charge in [-0.05, 0) is 49.4 Å². The third kappa shape index (κ3) is 5.84. The Kier molecular flexibility index (Phi) is 7.20. The van der Waals surface area contributed by atoms with Crippen molar-refractivity contribution in [1.29, 1.82) is 0 Å². The fourth-order valence-electron chi connectivity index (χ4n) is 3.16. The molecule has 0 spiro atoms. The van der Waals surface area contributed by atoms with E-state index in [2.05, 4.69) is 4.72 Å². The maximum atomic E-state index is 12.7. The predicted molar refractivity (Wildman–Crippen MR) is 115 cm³/mol. The Hall–Kier alpha value is -2.51. The zero-order valence-electron chi connectivity index (χ0n) is 17.5. The van der Waals surface area contributed by atoms with Crippen LogP contribution in [0.4, 0.5) is 0 Å². The molecule has 32 heavy (non-hydrogen) atoms. The van der Waals surface area contributed by atoms with E-state index in [1.807, 2.05) is 4.90 Å². The molecule has 1 fully saturated rings. The average molecular weight is 485 g/mol. The van der Waals surface area contributed by atoms with Crippen LogP contribution in [0.15, 0.2) is 52.3 Å². The second kappa shape index (κ2) is 9.55. The number of sulfone groups is 1. The van der Waals surface area contributed by atoms with Crippen molar-refractivity contribution in [1.82, 2.24) is 9.62 Å². The molecule has 2 aromatic carbocycles. The number of hydrogen-bond donors (Lipinski definition) is 2. The minimum atomic E-state index is -3.79. The van der Waals surface area contributed by atoms with Crippen LogP contribution in [0.25, 0.3) is 0 Å². The molecule has 0 saturated carbocycles. The molecule has 2 N–H and O–H groups in total. The Bertz CT molecular complexity index is 1190. The van der Waals surface area contributed by atoms with Crippen LogP contribution < -0.4 is 9.46 Å². The first-order valence-corrected chi connectivity index (χ1v) is 13.0. The third-order valence-electron chi connectivity index (χ3n) is 4.87. The molecule has 0 aromatic heterocycles. The third-order valence-corrected chi connectivity index (χ3v) is 7.53. The molecule has 0 radical (unpaired) electrons. The highest BCUT2D eigenvalue weighted by atomic mass is 32.2. The lowest BCUT2D eigenvalue weighted by Crippen LogP contribution is -2.50. The lowest BCUT2D eigenvalue weighted by Gasteiger charge is -2.32. The Morgan fingerprint density at radius 3 is 2.28 bits per heavy atom. The number of hydrogen-bond acceptors (Lipinski definition) is 8. The van der Waals surface area contributed by atoms with Crippen LogP contribution in [0.2, 0.25) is 0 Å². The summed E-state index contributed by atoms with van der Waals surface area (Å²) in [6.45, 7) is 4.09. The molecular weight excluding hydrogens is 460 g/mol. The molecular formula is C20H24N2O8S2. The molecule has 0 aliphatic carbocycles. The van der Waals surface area contributed by atoms with Gasteiger partial charge in [0.05, 0.1) is 29.8 Å². The number of nitrogens with one attached hydrogen (secondary N) is 1. The number of morpholine rings is 1. The molecule has 1 unspecified atom stereocenters. The molecule has 1 saturated heterocycles. The van der Waals surface area contributed by atoms with Gasteiger partial charge in [0.15, 0.2) is 9.84 Å². The maximum absolute atomic E-state index is 12.7. The summed E-state index contributed by atoms with van der Waals surface area (Å²) in [5.41, 5.74) is -0.195. The van der Waals surface area contributed by atoms with Crippen molar-refractivity contribution in [2.24, 2.45) is 0 Å². The number of carboxylic acids is 1. The topological polar surface area (TPSA) is 139 Å². The van der Waals surface area contributed by atoms with E-state index in [1.54, 1.807) is 6.92 Å². The smallest absolute Gasteiger partial charge is 0.335 e. The summed E-state index contributed by atoms with van der Waals surface area (Å²) in [7, 11) is -7.57. The summed E-state index contributed by atoms with van der Waals surface area (Å²) in [5.74, 6) is -1.14. The predicted octanol–water partition coefficient (Wildman–Crippen LogP) is 1.54. The van der Waals surface area contributed by atoms with E-state index >= 15 is 0 Å². The van der Waals surface area contributed by atoms with Gasteiger partial charge in [0, 0.05) is 19.3 Å². The van der Waals surface area contributed by atoms with Gasteiger partial charge in [-0.25, -0.2) is 21.6 Å². The fourth-order valence-corrected chi connectivity index (χ4v) is 5.21. The quantitative estimate of drug-likeness (QED) is 0.571. The highest BCUT2D eigenvalue weighted by Gasteiger charge is 2.24. The molecule has 10 nitrogen and oxygen atoms in total. The molecule has 1 aliphatic rings. The standard InChI is InChI=1S/C20H24N2O8S2/c1-14(22-9-11-29-12-10-22)21-32(27,28)17-6-4-16(5-7-17)30-18-8-3-15(20(23)24)13-19(18)31(2,25)26/h3-8,13-14,21H,9-12H2,1-2H3,(H,23,24). The van der Waals surface area contributed by atoms with E-state index in [0.29, 0.717) is 26.3 Å². The molecule has 1 atom stereocenters. The first-order chi connectivity index (χ1) is 15.0. The normalized spacial score (nSPS) is 16.4. The molecule has 1 heterocycles. The van der Waals surface area contributed by atoms with Crippen LogP contribution in [0.1, 0.15) is 17.3 Å². The van der Waals surface area contributed by atoms with Crippen molar-refractivity contribution in [2.75, 3.05) is 32.6 Å². The van der Waals surface area contributed by atoms with Crippen molar-refractivity contribution in [2.45, 2.75) is 22.9 Å². The zero-order valence-corrected chi connectivity index (χ0v) is 19.1. The molecule has 3 rings (SSSR count). The van der Waals surface area contributed by atoms with Crippen molar-refractivity contribution < 1.29 is 36.2 Å². The van der Waals surface area contributed by atoms with E-state index in [-0.39, 0.29) is 26.9 Å². The molecule has 0 bridgehead atoms. The summed E-state index contributed by atoms with van der Waals surface area (Å²) in [6.07, 6.45) is 0.530. The monoisotopic (exact) mass is 484 g/mol. The number of ether oxygens (including phenoxy) is 2. The van der Waals surface area contributed by atoms with Gasteiger partial charge in [-0.15, -0.1) is 0 Å². The number of sulfonamides is 1. The van der Waals surface area contributed by atoms with Crippen molar-refractivity contribution in [3.05, 3.63) is 48.0 Å².